The van der Waals surface area contributed by atoms with Gasteiger partial charge in [-0.05, 0) is 30.5 Å². The molecule has 0 bridgehead atoms. The molecular weight excluding hydrogens is 224 g/mol. The van der Waals surface area contributed by atoms with Gasteiger partial charge in [0.2, 0.25) is 0 Å². The summed E-state index contributed by atoms with van der Waals surface area (Å²) in [5.41, 5.74) is 0.203. The van der Waals surface area contributed by atoms with Crippen LogP contribution in [-0.4, -0.2) is 10.1 Å². The number of pyridine rings is 1. The molecule has 1 fully saturated rings. The molecule has 3 heteroatoms. The number of aliphatic hydroxyl groups is 1. The van der Waals surface area contributed by atoms with Gasteiger partial charge in [0.15, 0.2) is 0 Å². The maximum Gasteiger partial charge on any atom is 0.0977 e. The van der Waals surface area contributed by atoms with E-state index in [1.807, 2.05) is 12.1 Å². The fraction of sp³-hybridized carbons (Fsp3) is 0.600. The van der Waals surface area contributed by atoms with Crippen molar-refractivity contribution in [3.8, 4) is 6.07 Å². The molecule has 1 unspecified atom stereocenters. The second kappa shape index (κ2) is 5.97. The van der Waals surface area contributed by atoms with Crippen LogP contribution in [0.4, 0.5) is 0 Å². The van der Waals surface area contributed by atoms with Crippen LogP contribution in [-0.2, 0) is 0 Å². The number of aromatic nitrogens is 1. The summed E-state index contributed by atoms with van der Waals surface area (Å²) in [4.78, 5) is 3.96. The number of hydrogen-bond donors (Lipinski definition) is 1. The molecule has 1 atom stereocenters. The highest BCUT2D eigenvalue weighted by molar-refractivity contribution is 5.20. The van der Waals surface area contributed by atoms with Gasteiger partial charge in [0.25, 0.3) is 0 Å². The molecule has 1 heterocycles. The number of rotatable bonds is 2. The molecule has 0 radical (unpaired) electrons. The second-order valence-corrected chi connectivity index (χ2v) is 5.22. The summed E-state index contributed by atoms with van der Waals surface area (Å²) in [7, 11) is 0. The van der Waals surface area contributed by atoms with E-state index in [2.05, 4.69) is 11.1 Å². The van der Waals surface area contributed by atoms with Crippen molar-refractivity contribution in [3.63, 3.8) is 0 Å². The minimum absolute atomic E-state index is 0.609. The molecule has 1 aromatic heterocycles. The van der Waals surface area contributed by atoms with E-state index in [9.17, 15) is 10.4 Å². The van der Waals surface area contributed by atoms with Gasteiger partial charge >= 0.3 is 0 Å². The largest absolute Gasteiger partial charge is 0.387 e. The molecular formula is C15H20N2O. The molecule has 96 valence electrons. The van der Waals surface area contributed by atoms with Crippen LogP contribution in [0.25, 0.3) is 0 Å². The van der Waals surface area contributed by atoms with Crippen LogP contribution in [0.15, 0.2) is 24.5 Å². The fourth-order valence-electron chi connectivity index (χ4n) is 2.85. The van der Waals surface area contributed by atoms with E-state index < -0.39 is 11.5 Å². The summed E-state index contributed by atoms with van der Waals surface area (Å²) in [6.07, 6.45) is 9.93. The van der Waals surface area contributed by atoms with Gasteiger partial charge in [0.1, 0.15) is 0 Å². The highest BCUT2D eigenvalue weighted by Crippen LogP contribution is 2.43. The zero-order valence-electron chi connectivity index (χ0n) is 10.7. The molecule has 1 N–H and O–H groups in total. The first-order valence-corrected chi connectivity index (χ1v) is 6.78. The molecule has 0 aromatic carbocycles. The van der Waals surface area contributed by atoms with Gasteiger partial charge in [-0.3, -0.25) is 4.98 Å². The van der Waals surface area contributed by atoms with Crippen LogP contribution >= 0.6 is 0 Å². The summed E-state index contributed by atoms with van der Waals surface area (Å²) in [6.45, 7) is 0. The molecule has 0 saturated heterocycles. The smallest absolute Gasteiger partial charge is 0.0977 e. The van der Waals surface area contributed by atoms with Gasteiger partial charge in [-0.2, -0.15) is 5.26 Å². The molecule has 1 aliphatic rings. The highest BCUT2D eigenvalue weighted by atomic mass is 16.3. The third kappa shape index (κ3) is 2.70. The van der Waals surface area contributed by atoms with E-state index in [1.54, 1.807) is 12.4 Å². The van der Waals surface area contributed by atoms with Crippen LogP contribution in [0.2, 0.25) is 0 Å². The topological polar surface area (TPSA) is 56.9 Å². The summed E-state index contributed by atoms with van der Waals surface area (Å²) < 4.78 is 0. The Balaban J connectivity index is 2.22. The van der Waals surface area contributed by atoms with Crippen LogP contribution < -0.4 is 0 Å². The summed E-state index contributed by atoms with van der Waals surface area (Å²) >= 11 is 0. The average molecular weight is 244 g/mol. The van der Waals surface area contributed by atoms with Crippen LogP contribution in [0.3, 0.4) is 0 Å². The zero-order chi connectivity index (χ0) is 12.8. The Labute approximate surface area is 108 Å². The highest BCUT2D eigenvalue weighted by Gasteiger charge is 2.38. The van der Waals surface area contributed by atoms with E-state index >= 15 is 0 Å². The lowest BCUT2D eigenvalue weighted by atomic mass is 9.71. The predicted molar refractivity (Wildman–Crippen MR) is 69.6 cm³/mol. The average Bonchev–Trinajstić information content (AvgIpc) is 2.40. The van der Waals surface area contributed by atoms with Crippen molar-refractivity contribution < 1.29 is 5.11 Å². The number of aliphatic hydroxyl groups excluding tert-OH is 1. The number of nitrogens with zero attached hydrogens (tertiary/aromatic N) is 2. The Morgan fingerprint density at radius 2 is 1.67 bits per heavy atom. The lowest BCUT2D eigenvalue weighted by molar-refractivity contribution is 0.0434. The van der Waals surface area contributed by atoms with E-state index in [1.165, 1.54) is 19.3 Å². The Hall–Kier alpha value is -1.40. The van der Waals surface area contributed by atoms with Crippen LogP contribution in [0, 0.1) is 16.7 Å². The van der Waals surface area contributed by atoms with Gasteiger partial charge in [0.05, 0.1) is 17.6 Å². The van der Waals surface area contributed by atoms with E-state index in [-0.39, 0.29) is 0 Å². The van der Waals surface area contributed by atoms with Gasteiger partial charge in [0, 0.05) is 12.4 Å². The molecule has 1 saturated carbocycles. The molecule has 0 aliphatic heterocycles. The molecule has 3 nitrogen and oxygen atoms in total. The van der Waals surface area contributed by atoms with Gasteiger partial charge in [-0.25, -0.2) is 0 Å². The van der Waals surface area contributed by atoms with E-state index in [0.29, 0.717) is 0 Å². The first-order chi connectivity index (χ1) is 8.78. The molecule has 18 heavy (non-hydrogen) atoms. The standard InChI is InChI=1S/C15H20N2O/c16-12-15(8-4-2-1-3-5-9-15)14(18)13-6-10-17-11-7-13/h6-7,10-11,14,18H,1-5,8-9H2. The number of hydrogen-bond acceptors (Lipinski definition) is 3. The third-order valence-corrected chi connectivity index (χ3v) is 4.01. The van der Waals surface area contributed by atoms with Crippen molar-refractivity contribution >= 4 is 0 Å². The molecule has 1 aromatic rings. The molecule has 0 amide bonds. The van der Waals surface area contributed by atoms with Gasteiger partial charge < -0.3 is 5.11 Å². The summed E-state index contributed by atoms with van der Waals surface area (Å²) in [6, 6.07) is 6.03. The van der Waals surface area contributed by atoms with Crippen molar-refractivity contribution in [1.29, 1.82) is 5.26 Å². The lowest BCUT2D eigenvalue weighted by Gasteiger charge is -2.33. The second-order valence-electron chi connectivity index (χ2n) is 5.22. The normalized spacial score (nSPS) is 21.3. The minimum Gasteiger partial charge on any atom is -0.387 e. The van der Waals surface area contributed by atoms with Crippen molar-refractivity contribution in [3.05, 3.63) is 30.1 Å². The predicted octanol–water partition coefficient (Wildman–Crippen LogP) is 3.37. The Kier molecular flexibility index (Phi) is 4.33. The van der Waals surface area contributed by atoms with Crippen LogP contribution in [0.1, 0.15) is 56.6 Å². The fourth-order valence-corrected chi connectivity index (χ4v) is 2.85. The van der Waals surface area contributed by atoms with Crippen LogP contribution in [0.5, 0.6) is 0 Å². The van der Waals surface area contributed by atoms with Crippen molar-refractivity contribution in [1.82, 2.24) is 4.98 Å². The van der Waals surface area contributed by atoms with Gasteiger partial charge in [-0.15, -0.1) is 0 Å². The quantitative estimate of drug-likeness (QED) is 0.867. The summed E-state index contributed by atoms with van der Waals surface area (Å²) in [5, 5.41) is 20.1. The van der Waals surface area contributed by atoms with Crippen molar-refractivity contribution in [2.45, 2.75) is 51.0 Å². The lowest BCUT2D eigenvalue weighted by Crippen LogP contribution is -2.28. The van der Waals surface area contributed by atoms with Crippen molar-refractivity contribution in [2.24, 2.45) is 5.41 Å². The Bertz CT molecular complexity index is 402. The maximum absolute atomic E-state index is 10.6. The minimum atomic E-state index is -0.691. The zero-order valence-corrected chi connectivity index (χ0v) is 10.7. The SMILES string of the molecule is N#CC1(C(O)c2ccncc2)CCCCCCC1. The number of nitriles is 1. The first kappa shape index (κ1) is 13.0. The van der Waals surface area contributed by atoms with Crippen molar-refractivity contribution in [2.75, 3.05) is 0 Å². The Morgan fingerprint density at radius 3 is 2.22 bits per heavy atom. The molecule has 1 aliphatic carbocycles. The molecule has 2 rings (SSSR count). The monoisotopic (exact) mass is 244 g/mol. The maximum atomic E-state index is 10.6. The summed E-state index contributed by atoms with van der Waals surface area (Å²) in [5.74, 6) is 0. The third-order valence-electron chi connectivity index (χ3n) is 4.01. The molecule has 0 spiro atoms. The van der Waals surface area contributed by atoms with E-state index in [0.717, 1.165) is 31.2 Å². The van der Waals surface area contributed by atoms with Gasteiger partial charge in [-0.1, -0.05) is 32.1 Å². The Morgan fingerprint density at radius 1 is 1.11 bits per heavy atom. The first-order valence-electron chi connectivity index (χ1n) is 6.78. The van der Waals surface area contributed by atoms with E-state index in [4.69, 9.17) is 0 Å².